The Bertz CT molecular complexity index is 1320. The van der Waals surface area contributed by atoms with Crippen LogP contribution >= 0.6 is 0 Å². The molecule has 0 aliphatic heterocycles. The zero-order valence-electron chi connectivity index (χ0n) is 21.1. The van der Waals surface area contributed by atoms with Gasteiger partial charge in [-0.3, -0.25) is 0 Å². The highest BCUT2D eigenvalue weighted by molar-refractivity contribution is 5.79. The van der Waals surface area contributed by atoms with Crippen molar-refractivity contribution in [2.75, 3.05) is 4.90 Å². The molecule has 1 nitrogen and oxygen atoms in total. The second kappa shape index (κ2) is 8.41. The molecule has 6 rings (SSSR count). The summed E-state index contributed by atoms with van der Waals surface area (Å²) in [6, 6.07) is 22.6. The highest BCUT2D eigenvalue weighted by Gasteiger charge is 2.55. The third-order valence-corrected chi connectivity index (χ3v) is 9.05. The maximum atomic E-state index is 4.08. The van der Waals surface area contributed by atoms with Crippen molar-refractivity contribution in [3.8, 4) is 11.1 Å². The summed E-state index contributed by atoms with van der Waals surface area (Å²) in [6.07, 6.45) is 12.9. The van der Waals surface area contributed by atoms with Crippen LogP contribution in [0.15, 0.2) is 97.7 Å². The lowest BCUT2D eigenvalue weighted by molar-refractivity contribution is 0.0879. The monoisotopic (exact) mass is 457 g/mol. The number of hydrogen-bond donors (Lipinski definition) is 0. The molecule has 0 aromatic heterocycles. The maximum absolute atomic E-state index is 4.08. The normalized spacial score (nSPS) is 24.2. The van der Waals surface area contributed by atoms with Gasteiger partial charge in [0.15, 0.2) is 0 Å². The van der Waals surface area contributed by atoms with E-state index in [2.05, 4.69) is 92.6 Å². The fourth-order valence-corrected chi connectivity index (χ4v) is 7.46. The standard InChI is InChI=1S/C34H35N/c1-5-10-27(6-2)35(28-11-8-7-9-12-28)29-19-23(3)33(24(4)20-29)25-13-14-30-26-15-17-34(22-26)18-16-32(34)31(30)21-25/h5-14,19-21,26,32H,1-2,15-18,22H2,3-4H3/b27-10+. The Morgan fingerprint density at radius 3 is 2.29 bits per heavy atom. The van der Waals surface area contributed by atoms with Gasteiger partial charge in [-0.1, -0.05) is 55.6 Å². The smallest absolute Gasteiger partial charge is 0.0467 e. The summed E-state index contributed by atoms with van der Waals surface area (Å²) >= 11 is 0. The number of fused-ring (bicyclic) bond motifs is 4. The Morgan fingerprint density at radius 2 is 1.63 bits per heavy atom. The van der Waals surface area contributed by atoms with Crippen LogP contribution in [-0.4, -0.2) is 0 Å². The van der Waals surface area contributed by atoms with Gasteiger partial charge in [-0.25, -0.2) is 0 Å². The molecule has 0 heterocycles. The minimum absolute atomic E-state index is 0.638. The predicted molar refractivity (Wildman–Crippen MR) is 149 cm³/mol. The fraction of sp³-hybridized carbons (Fsp3) is 0.294. The summed E-state index contributed by atoms with van der Waals surface area (Å²) in [4.78, 5) is 2.27. The first kappa shape index (κ1) is 22.2. The number of para-hydroxylation sites is 1. The Kier molecular flexibility index (Phi) is 5.33. The van der Waals surface area contributed by atoms with Crippen molar-refractivity contribution < 1.29 is 0 Å². The van der Waals surface area contributed by atoms with Gasteiger partial charge < -0.3 is 4.90 Å². The number of benzene rings is 3. The lowest BCUT2D eigenvalue weighted by Gasteiger charge is -2.51. The van der Waals surface area contributed by atoms with Gasteiger partial charge in [0.25, 0.3) is 0 Å². The summed E-state index contributed by atoms with van der Waals surface area (Å²) in [5, 5.41) is 0. The fourth-order valence-electron chi connectivity index (χ4n) is 7.46. The van der Waals surface area contributed by atoms with Crippen LogP contribution in [0.4, 0.5) is 11.4 Å². The van der Waals surface area contributed by atoms with E-state index in [1.165, 1.54) is 54.4 Å². The molecule has 3 aromatic rings. The molecule has 1 spiro atoms. The molecule has 3 atom stereocenters. The average Bonchev–Trinajstić information content (AvgIpc) is 3.28. The molecule has 3 aliphatic rings. The average molecular weight is 458 g/mol. The molecule has 0 saturated heterocycles. The number of hydrogen-bond acceptors (Lipinski definition) is 1. The SMILES string of the molecule is C=C/C=C(\C=C)N(c1ccccc1)c1cc(C)c(-c2ccc3c(c2)C2CCC24CCC3C4)c(C)c1. The first-order valence-electron chi connectivity index (χ1n) is 13.1. The molecule has 0 N–H and O–H groups in total. The molecule has 3 aromatic carbocycles. The Balaban J connectivity index is 1.44. The number of anilines is 2. The van der Waals surface area contributed by atoms with Crippen LogP contribution in [0, 0.1) is 19.3 Å². The van der Waals surface area contributed by atoms with E-state index in [1.54, 1.807) is 11.1 Å². The first-order chi connectivity index (χ1) is 17.0. The van der Waals surface area contributed by atoms with Crippen LogP contribution in [0.5, 0.6) is 0 Å². The molecule has 35 heavy (non-hydrogen) atoms. The van der Waals surface area contributed by atoms with E-state index in [0.29, 0.717) is 5.41 Å². The third kappa shape index (κ3) is 3.44. The molecule has 2 bridgehead atoms. The van der Waals surface area contributed by atoms with E-state index >= 15 is 0 Å². The van der Waals surface area contributed by atoms with E-state index in [-0.39, 0.29) is 0 Å². The van der Waals surface area contributed by atoms with Crippen LogP contribution in [0.1, 0.15) is 66.2 Å². The van der Waals surface area contributed by atoms with E-state index < -0.39 is 0 Å². The van der Waals surface area contributed by atoms with Crippen molar-refractivity contribution in [1.82, 2.24) is 0 Å². The summed E-state index contributed by atoms with van der Waals surface area (Å²) in [5.41, 5.74) is 12.6. The Hall–Kier alpha value is -3.32. The molecule has 0 amide bonds. The molecular weight excluding hydrogens is 422 g/mol. The zero-order valence-corrected chi connectivity index (χ0v) is 21.1. The van der Waals surface area contributed by atoms with E-state index in [0.717, 1.165) is 28.9 Å². The summed E-state index contributed by atoms with van der Waals surface area (Å²) in [6.45, 7) is 12.5. The topological polar surface area (TPSA) is 3.24 Å². The van der Waals surface area contributed by atoms with Crippen molar-refractivity contribution in [3.05, 3.63) is 120 Å². The van der Waals surface area contributed by atoms with E-state index in [9.17, 15) is 0 Å². The molecule has 176 valence electrons. The number of aryl methyl sites for hydroxylation is 2. The van der Waals surface area contributed by atoms with Crippen LogP contribution in [0.2, 0.25) is 0 Å². The minimum Gasteiger partial charge on any atom is -0.311 e. The molecule has 3 unspecified atom stereocenters. The minimum atomic E-state index is 0.638. The van der Waals surface area contributed by atoms with E-state index in [4.69, 9.17) is 0 Å². The lowest BCUT2D eigenvalue weighted by Crippen LogP contribution is -2.38. The third-order valence-electron chi connectivity index (χ3n) is 9.05. The predicted octanol–water partition coefficient (Wildman–Crippen LogP) is 9.51. The van der Waals surface area contributed by atoms with Crippen LogP contribution in [-0.2, 0) is 0 Å². The summed E-state index contributed by atoms with van der Waals surface area (Å²) in [7, 11) is 0. The lowest BCUT2D eigenvalue weighted by atomic mass is 9.53. The molecule has 3 aliphatic carbocycles. The van der Waals surface area contributed by atoms with Crippen molar-refractivity contribution in [1.29, 1.82) is 0 Å². The van der Waals surface area contributed by atoms with Crippen molar-refractivity contribution in [2.45, 2.75) is 57.8 Å². The van der Waals surface area contributed by atoms with Crippen molar-refractivity contribution in [3.63, 3.8) is 0 Å². The summed E-state index contributed by atoms with van der Waals surface area (Å²) < 4.78 is 0. The van der Waals surface area contributed by atoms with Gasteiger partial charge >= 0.3 is 0 Å². The van der Waals surface area contributed by atoms with Crippen LogP contribution < -0.4 is 4.90 Å². The first-order valence-corrected chi connectivity index (χ1v) is 13.1. The largest absolute Gasteiger partial charge is 0.311 e. The number of nitrogens with zero attached hydrogens (tertiary/aromatic N) is 1. The van der Waals surface area contributed by atoms with Crippen LogP contribution in [0.25, 0.3) is 11.1 Å². The van der Waals surface area contributed by atoms with Gasteiger partial charge in [-0.15, -0.1) is 0 Å². The Labute approximate surface area is 210 Å². The van der Waals surface area contributed by atoms with Gasteiger partial charge in [0.2, 0.25) is 0 Å². The quantitative estimate of drug-likeness (QED) is 0.333. The molecule has 2 fully saturated rings. The molecule has 0 radical (unpaired) electrons. The van der Waals surface area contributed by atoms with Crippen LogP contribution in [0.3, 0.4) is 0 Å². The number of rotatable bonds is 6. The molecule has 2 saturated carbocycles. The second-order valence-corrected chi connectivity index (χ2v) is 10.9. The maximum Gasteiger partial charge on any atom is 0.0467 e. The Morgan fingerprint density at radius 1 is 0.886 bits per heavy atom. The van der Waals surface area contributed by atoms with Gasteiger partial charge in [0.1, 0.15) is 0 Å². The summed E-state index contributed by atoms with van der Waals surface area (Å²) in [5.74, 6) is 1.59. The van der Waals surface area contributed by atoms with E-state index in [1.807, 2.05) is 18.2 Å². The second-order valence-electron chi connectivity index (χ2n) is 10.9. The highest BCUT2D eigenvalue weighted by atomic mass is 15.1. The molecule has 1 heteroatoms. The van der Waals surface area contributed by atoms with Gasteiger partial charge in [0, 0.05) is 17.1 Å². The van der Waals surface area contributed by atoms with Crippen molar-refractivity contribution >= 4 is 11.4 Å². The van der Waals surface area contributed by atoms with Gasteiger partial charge in [-0.2, -0.15) is 0 Å². The van der Waals surface area contributed by atoms with Gasteiger partial charge in [-0.05, 0) is 133 Å². The molecular formula is C34H35N. The highest BCUT2D eigenvalue weighted by Crippen LogP contribution is 2.69. The van der Waals surface area contributed by atoms with Crippen molar-refractivity contribution in [2.24, 2.45) is 5.41 Å². The zero-order chi connectivity index (χ0) is 24.2. The van der Waals surface area contributed by atoms with Gasteiger partial charge in [0.05, 0.1) is 0 Å². The number of allylic oxidation sites excluding steroid dienone is 3.